The summed E-state index contributed by atoms with van der Waals surface area (Å²) >= 11 is 3.13. The second-order valence-electron chi connectivity index (χ2n) is 5.95. The topological polar surface area (TPSA) is 58.1 Å². The summed E-state index contributed by atoms with van der Waals surface area (Å²) in [5.74, 6) is 3.09. The van der Waals surface area contributed by atoms with Crippen LogP contribution in [0.25, 0.3) is 0 Å². The monoisotopic (exact) mass is 328 g/mol. The Balaban J connectivity index is 1.87. The summed E-state index contributed by atoms with van der Waals surface area (Å²) in [6.45, 7) is 5.97. The molecule has 0 bridgehead atoms. The molecule has 1 aromatic rings. The van der Waals surface area contributed by atoms with Crippen molar-refractivity contribution in [2.45, 2.75) is 33.1 Å². The number of hydrogen-bond acceptors (Lipinski definition) is 5. The Morgan fingerprint density at radius 3 is 3.10 bits per heavy atom. The third kappa shape index (κ3) is 5.14. The lowest BCUT2D eigenvalue weighted by Crippen LogP contribution is -2.42. The van der Waals surface area contributed by atoms with E-state index in [0.717, 1.165) is 37.5 Å². The highest BCUT2D eigenvalue weighted by atomic mass is 32.2. The number of anilines is 1. The van der Waals surface area contributed by atoms with E-state index in [1.165, 1.54) is 18.0 Å². The van der Waals surface area contributed by atoms with E-state index in [9.17, 15) is 4.79 Å². The minimum absolute atomic E-state index is 0.0342. The van der Waals surface area contributed by atoms with Crippen molar-refractivity contribution in [3.05, 3.63) is 5.82 Å². The molecule has 118 valence electrons. The van der Waals surface area contributed by atoms with Crippen molar-refractivity contribution >= 4 is 34.5 Å². The van der Waals surface area contributed by atoms with Gasteiger partial charge in [0.1, 0.15) is 5.82 Å². The van der Waals surface area contributed by atoms with E-state index in [1.807, 2.05) is 16.7 Å². The molecule has 0 radical (unpaired) electrons. The number of carbonyl (C=O) groups is 1. The summed E-state index contributed by atoms with van der Waals surface area (Å²) in [7, 11) is 0. The molecular weight excluding hydrogens is 304 g/mol. The zero-order valence-corrected chi connectivity index (χ0v) is 14.6. The van der Waals surface area contributed by atoms with Gasteiger partial charge in [0.25, 0.3) is 0 Å². The second-order valence-corrected chi connectivity index (χ2v) is 7.62. The van der Waals surface area contributed by atoms with E-state index in [0.29, 0.717) is 17.0 Å². The number of likely N-dealkylation sites (tertiary alicyclic amines) is 1. The zero-order chi connectivity index (χ0) is 15.2. The Morgan fingerprint density at radius 2 is 2.38 bits per heavy atom. The maximum absolute atomic E-state index is 12.3. The van der Waals surface area contributed by atoms with Crippen molar-refractivity contribution in [2.75, 3.05) is 30.4 Å². The van der Waals surface area contributed by atoms with E-state index in [1.54, 1.807) is 0 Å². The lowest BCUT2D eigenvalue weighted by molar-refractivity contribution is 0.183. The summed E-state index contributed by atoms with van der Waals surface area (Å²) in [5, 5.41) is 3.51. The third-order valence-electron chi connectivity index (χ3n) is 3.48. The number of aromatic nitrogens is 2. The predicted octanol–water partition coefficient (Wildman–Crippen LogP) is 3.34. The van der Waals surface area contributed by atoms with Gasteiger partial charge < -0.3 is 4.90 Å². The molecule has 1 fully saturated rings. The lowest BCUT2D eigenvalue weighted by atomic mass is 10.0. The molecule has 1 atom stereocenters. The molecule has 7 heteroatoms. The molecule has 2 amide bonds. The quantitative estimate of drug-likeness (QED) is 0.900. The molecule has 1 unspecified atom stereocenters. The molecule has 21 heavy (non-hydrogen) atoms. The minimum atomic E-state index is -0.0342. The number of hydrogen-bond donors (Lipinski definition) is 1. The van der Waals surface area contributed by atoms with Crippen molar-refractivity contribution in [3.63, 3.8) is 0 Å². The first kappa shape index (κ1) is 16.5. The van der Waals surface area contributed by atoms with Gasteiger partial charge in [-0.2, -0.15) is 16.1 Å². The van der Waals surface area contributed by atoms with Crippen LogP contribution in [0.2, 0.25) is 0 Å². The molecule has 1 aliphatic heterocycles. The Kier molecular flexibility index (Phi) is 6.29. The fraction of sp³-hybridized carbons (Fsp3) is 0.786. The van der Waals surface area contributed by atoms with Crippen LogP contribution in [0.15, 0.2) is 0 Å². The van der Waals surface area contributed by atoms with Crippen molar-refractivity contribution in [1.29, 1.82) is 0 Å². The van der Waals surface area contributed by atoms with Gasteiger partial charge in [0.15, 0.2) is 0 Å². The molecule has 2 rings (SSSR count). The Morgan fingerprint density at radius 1 is 1.57 bits per heavy atom. The number of rotatable bonds is 5. The van der Waals surface area contributed by atoms with Crippen LogP contribution in [0.4, 0.5) is 9.93 Å². The van der Waals surface area contributed by atoms with E-state index >= 15 is 0 Å². The highest BCUT2D eigenvalue weighted by Gasteiger charge is 2.24. The van der Waals surface area contributed by atoms with Gasteiger partial charge in [-0.3, -0.25) is 5.32 Å². The zero-order valence-electron chi connectivity index (χ0n) is 13.0. The summed E-state index contributed by atoms with van der Waals surface area (Å²) in [6, 6.07) is -0.0342. The summed E-state index contributed by atoms with van der Waals surface area (Å²) in [5.41, 5.74) is 0. The average molecular weight is 329 g/mol. The molecular formula is C14H24N4OS2. The number of nitrogens with zero attached hydrogens (tertiary/aromatic N) is 3. The van der Waals surface area contributed by atoms with Gasteiger partial charge in [0, 0.05) is 31.0 Å². The fourth-order valence-corrected chi connectivity index (χ4v) is 3.87. The number of amides is 2. The number of urea groups is 1. The van der Waals surface area contributed by atoms with Crippen LogP contribution in [0.1, 0.15) is 32.5 Å². The van der Waals surface area contributed by atoms with Crippen molar-refractivity contribution in [3.8, 4) is 0 Å². The highest BCUT2D eigenvalue weighted by Crippen LogP contribution is 2.21. The smallest absolute Gasteiger partial charge is 0.323 e. The number of piperidine rings is 1. The Hall–Kier alpha value is -0.820. The van der Waals surface area contributed by atoms with Gasteiger partial charge >= 0.3 is 6.03 Å². The number of carbonyl (C=O) groups excluding carboxylic acids is 1. The lowest BCUT2D eigenvalue weighted by Gasteiger charge is -2.32. The van der Waals surface area contributed by atoms with Gasteiger partial charge in [0.2, 0.25) is 5.13 Å². The standard InChI is InChI=1S/C14H24N4OS2/c1-10(2)7-12-15-13(21-17-12)16-14(19)18-6-4-5-11(8-18)9-20-3/h10-11H,4-9H2,1-3H3,(H,15,16,17,19). The fourth-order valence-electron chi connectivity index (χ4n) is 2.54. The highest BCUT2D eigenvalue weighted by molar-refractivity contribution is 7.98. The molecule has 0 saturated carbocycles. The first-order chi connectivity index (χ1) is 10.1. The van der Waals surface area contributed by atoms with E-state index in [4.69, 9.17) is 0 Å². The van der Waals surface area contributed by atoms with Crippen LogP contribution in [0.5, 0.6) is 0 Å². The normalized spacial score (nSPS) is 19.0. The minimum Gasteiger partial charge on any atom is -0.324 e. The van der Waals surface area contributed by atoms with Crippen molar-refractivity contribution < 1.29 is 4.79 Å². The van der Waals surface area contributed by atoms with E-state index in [2.05, 4.69) is 34.8 Å². The van der Waals surface area contributed by atoms with Gasteiger partial charge in [-0.25, -0.2) is 9.78 Å². The van der Waals surface area contributed by atoms with E-state index in [-0.39, 0.29) is 6.03 Å². The molecule has 0 spiro atoms. The molecule has 1 aromatic heterocycles. The van der Waals surface area contributed by atoms with Crippen LogP contribution in [-0.2, 0) is 6.42 Å². The third-order valence-corrected chi connectivity index (χ3v) is 4.95. The molecule has 1 N–H and O–H groups in total. The first-order valence-corrected chi connectivity index (χ1v) is 9.62. The van der Waals surface area contributed by atoms with Gasteiger partial charge in [-0.1, -0.05) is 13.8 Å². The average Bonchev–Trinajstić information content (AvgIpc) is 2.86. The van der Waals surface area contributed by atoms with Crippen LogP contribution >= 0.6 is 23.3 Å². The van der Waals surface area contributed by atoms with Gasteiger partial charge in [0.05, 0.1) is 0 Å². The molecule has 0 aromatic carbocycles. The number of thioether (sulfide) groups is 1. The SMILES string of the molecule is CSCC1CCCN(C(=O)Nc2nc(CC(C)C)ns2)C1. The summed E-state index contributed by atoms with van der Waals surface area (Å²) < 4.78 is 4.29. The summed E-state index contributed by atoms with van der Waals surface area (Å²) in [4.78, 5) is 18.6. The van der Waals surface area contributed by atoms with Gasteiger partial charge in [-0.15, -0.1) is 0 Å². The molecule has 0 aliphatic carbocycles. The van der Waals surface area contributed by atoms with E-state index < -0.39 is 0 Å². The van der Waals surface area contributed by atoms with Crippen LogP contribution in [-0.4, -0.2) is 45.4 Å². The maximum Gasteiger partial charge on any atom is 0.323 e. The second kappa shape index (κ2) is 7.98. The summed E-state index contributed by atoms with van der Waals surface area (Å²) in [6.07, 6.45) is 5.29. The van der Waals surface area contributed by atoms with Crippen molar-refractivity contribution in [2.24, 2.45) is 11.8 Å². The Bertz CT molecular complexity index is 462. The Labute approximate surface area is 135 Å². The van der Waals surface area contributed by atoms with Gasteiger partial charge in [-0.05, 0) is 36.7 Å². The molecule has 1 saturated heterocycles. The first-order valence-electron chi connectivity index (χ1n) is 7.46. The number of nitrogens with one attached hydrogen (secondary N) is 1. The molecule has 5 nitrogen and oxygen atoms in total. The van der Waals surface area contributed by atoms with Crippen LogP contribution in [0.3, 0.4) is 0 Å². The molecule has 1 aliphatic rings. The largest absolute Gasteiger partial charge is 0.324 e. The molecule has 2 heterocycles. The predicted molar refractivity (Wildman–Crippen MR) is 90.1 cm³/mol. The maximum atomic E-state index is 12.3. The van der Waals surface area contributed by atoms with Crippen LogP contribution in [0, 0.1) is 11.8 Å². The van der Waals surface area contributed by atoms with Crippen LogP contribution < -0.4 is 5.32 Å². The van der Waals surface area contributed by atoms with Crippen molar-refractivity contribution in [1.82, 2.24) is 14.3 Å².